The van der Waals surface area contributed by atoms with E-state index in [0.717, 1.165) is 44.2 Å². The molecule has 0 aliphatic carbocycles. The Morgan fingerprint density at radius 2 is 2.00 bits per heavy atom. The maximum Gasteiger partial charge on any atom is 0.421 e. The highest BCUT2D eigenvalue weighted by molar-refractivity contribution is 5.77. The molecule has 2 aromatic rings. The summed E-state index contributed by atoms with van der Waals surface area (Å²) in [5.41, 5.74) is 0.562. The molecule has 10 nitrogen and oxygen atoms in total. The van der Waals surface area contributed by atoms with Gasteiger partial charge < -0.3 is 25.2 Å². The van der Waals surface area contributed by atoms with Crippen molar-refractivity contribution >= 4 is 23.4 Å². The highest BCUT2D eigenvalue weighted by Crippen LogP contribution is 2.34. The number of ether oxygens (including phenoxy) is 1. The molecule has 0 radical (unpaired) electrons. The summed E-state index contributed by atoms with van der Waals surface area (Å²) in [6.45, 7) is 5.77. The first-order chi connectivity index (χ1) is 17.7. The summed E-state index contributed by atoms with van der Waals surface area (Å²) in [6, 6.07) is 0.283. The summed E-state index contributed by atoms with van der Waals surface area (Å²) in [5.74, 6) is -0.334. The van der Waals surface area contributed by atoms with E-state index in [4.69, 9.17) is 9.84 Å². The number of carbonyl (C=O) groups is 1. The van der Waals surface area contributed by atoms with Crippen molar-refractivity contribution in [2.24, 2.45) is 0 Å². The van der Waals surface area contributed by atoms with Gasteiger partial charge in [-0.15, -0.1) is 0 Å². The van der Waals surface area contributed by atoms with Crippen molar-refractivity contribution in [3.05, 3.63) is 23.7 Å². The van der Waals surface area contributed by atoms with Gasteiger partial charge in [0.1, 0.15) is 18.0 Å². The number of aromatic nitrogens is 4. The van der Waals surface area contributed by atoms with E-state index >= 15 is 0 Å². The van der Waals surface area contributed by atoms with Gasteiger partial charge in [-0.2, -0.15) is 23.3 Å². The van der Waals surface area contributed by atoms with Crippen LogP contribution in [0.3, 0.4) is 0 Å². The second-order valence-electron chi connectivity index (χ2n) is 9.50. The maximum atomic E-state index is 13.6. The molecule has 13 heteroatoms. The number of likely N-dealkylation sites (tertiary alicyclic amines) is 1. The highest BCUT2D eigenvalue weighted by atomic mass is 19.4. The molecule has 0 aromatic carbocycles. The fourth-order valence-corrected chi connectivity index (χ4v) is 4.59. The van der Waals surface area contributed by atoms with Crippen LogP contribution in [0.5, 0.6) is 0 Å². The first-order valence-electron chi connectivity index (χ1n) is 12.8. The molecule has 4 rings (SSSR count). The molecule has 2 aromatic heterocycles. The van der Waals surface area contributed by atoms with Gasteiger partial charge in [0.2, 0.25) is 11.9 Å². The lowest BCUT2D eigenvalue weighted by atomic mass is 10.1. The number of halogens is 3. The van der Waals surface area contributed by atoms with Gasteiger partial charge in [-0.3, -0.25) is 9.48 Å². The van der Waals surface area contributed by atoms with E-state index in [0.29, 0.717) is 38.2 Å². The lowest BCUT2D eigenvalue weighted by molar-refractivity contribution is -0.137. The number of alkyl halides is 3. The number of nitrogens with zero attached hydrogens (tertiary/aromatic N) is 6. The Bertz CT molecular complexity index is 1050. The van der Waals surface area contributed by atoms with E-state index in [9.17, 15) is 18.0 Å². The SMILES string of the molecule is CCc1nn(C2CCN(C)CC2)cc1Nc1ncc(C(F)(F)F)c(NCCCN2CCCOCC2=O)n1. The van der Waals surface area contributed by atoms with Crippen LogP contribution in [0.2, 0.25) is 0 Å². The molecule has 2 N–H and O–H groups in total. The van der Waals surface area contributed by atoms with E-state index in [1.54, 1.807) is 4.90 Å². The van der Waals surface area contributed by atoms with Crippen molar-refractivity contribution in [2.45, 2.75) is 51.2 Å². The van der Waals surface area contributed by atoms with Crippen molar-refractivity contribution in [1.29, 1.82) is 0 Å². The van der Waals surface area contributed by atoms with Crippen LogP contribution in [-0.2, 0) is 22.1 Å². The largest absolute Gasteiger partial charge is 0.421 e. The molecular weight excluding hydrogens is 489 g/mol. The zero-order valence-corrected chi connectivity index (χ0v) is 21.4. The Labute approximate surface area is 214 Å². The van der Waals surface area contributed by atoms with Gasteiger partial charge in [0.25, 0.3) is 0 Å². The van der Waals surface area contributed by atoms with Gasteiger partial charge in [-0.05, 0) is 52.2 Å². The zero-order valence-electron chi connectivity index (χ0n) is 21.4. The Morgan fingerprint density at radius 3 is 2.73 bits per heavy atom. The van der Waals surface area contributed by atoms with Crippen molar-refractivity contribution < 1.29 is 22.7 Å². The van der Waals surface area contributed by atoms with Crippen LogP contribution < -0.4 is 10.6 Å². The van der Waals surface area contributed by atoms with E-state index in [1.165, 1.54) is 0 Å². The monoisotopic (exact) mass is 524 g/mol. The minimum atomic E-state index is -4.60. The maximum absolute atomic E-state index is 13.6. The van der Waals surface area contributed by atoms with Gasteiger partial charge in [0, 0.05) is 38.6 Å². The summed E-state index contributed by atoms with van der Waals surface area (Å²) >= 11 is 0. The van der Waals surface area contributed by atoms with Crippen LogP contribution in [0, 0.1) is 0 Å². The van der Waals surface area contributed by atoms with Crippen molar-refractivity contribution in [1.82, 2.24) is 29.5 Å². The summed E-state index contributed by atoms with van der Waals surface area (Å²) in [4.78, 5) is 24.1. The molecule has 0 atom stereocenters. The average Bonchev–Trinajstić information content (AvgIpc) is 3.15. The highest BCUT2D eigenvalue weighted by Gasteiger charge is 2.35. The molecule has 0 bridgehead atoms. The van der Waals surface area contributed by atoms with Crippen LogP contribution in [0.25, 0.3) is 0 Å². The molecule has 2 aliphatic heterocycles. The second kappa shape index (κ2) is 12.1. The number of rotatable bonds is 9. The predicted molar refractivity (Wildman–Crippen MR) is 133 cm³/mol. The van der Waals surface area contributed by atoms with Gasteiger partial charge in [-0.25, -0.2) is 4.98 Å². The summed E-state index contributed by atoms with van der Waals surface area (Å²) in [6.07, 6.45) is 1.93. The van der Waals surface area contributed by atoms with Crippen LogP contribution >= 0.6 is 0 Å². The number of carbonyl (C=O) groups excluding carboxylic acids is 1. The van der Waals surface area contributed by atoms with Crippen LogP contribution in [0.15, 0.2) is 12.4 Å². The third kappa shape index (κ3) is 7.10. The molecule has 2 saturated heterocycles. The predicted octanol–water partition coefficient (Wildman–Crippen LogP) is 3.32. The minimum absolute atomic E-state index is 0.0424. The van der Waals surface area contributed by atoms with E-state index in [-0.39, 0.29) is 36.9 Å². The topological polar surface area (TPSA) is 100 Å². The molecule has 2 aliphatic rings. The van der Waals surface area contributed by atoms with Crippen LogP contribution in [-0.4, -0.2) is 88.4 Å². The smallest absolute Gasteiger partial charge is 0.372 e. The van der Waals surface area contributed by atoms with Crippen molar-refractivity contribution in [2.75, 3.05) is 63.6 Å². The summed E-state index contributed by atoms with van der Waals surface area (Å²) in [5, 5.41) is 10.6. The van der Waals surface area contributed by atoms with Crippen molar-refractivity contribution in [3.8, 4) is 0 Å². The number of amides is 1. The molecule has 0 spiro atoms. The van der Waals surface area contributed by atoms with Crippen LogP contribution in [0.4, 0.5) is 30.6 Å². The fraction of sp³-hybridized carbons (Fsp3) is 0.667. The van der Waals surface area contributed by atoms with Gasteiger partial charge in [0.05, 0.1) is 17.4 Å². The summed E-state index contributed by atoms with van der Waals surface area (Å²) in [7, 11) is 2.10. The minimum Gasteiger partial charge on any atom is -0.372 e. The second-order valence-corrected chi connectivity index (χ2v) is 9.50. The number of hydrogen-bond acceptors (Lipinski definition) is 8. The Morgan fingerprint density at radius 1 is 1.22 bits per heavy atom. The molecule has 0 unspecified atom stereocenters. The Kier molecular flexibility index (Phi) is 8.85. The first kappa shape index (κ1) is 27.1. The Balaban J connectivity index is 1.44. The molecule has 2 fully saturated rings. The summed E-state index contributed by atoms with van der Waals surface area (Å²) < 4.78 is 48.1. The molecule has 4 heterocycles. The third-order valence-corrected chi connectivity index (χ3v) is 6.74. The molecule has 0 saturated carbocycles. The third-order valence-electron chi connectivity index (χ3n) is 6.74. The normalized spacial score (nSPS) is 18.2. The number of hydrogen-bond donors (Lipinski definition) is 2. The first-order valence-corrected chi connectivity index (χ1v) is 12.8. The lowest BCUT2D eigenvalue weighted by Gasteiger charge is -2.28. The van der Waals surface area contributed by atoms with Gasteiger partial charge in [0.15, 0.2) is 0 Å². The Hall–Kier alpha value is -2.93. The standard InChI is InChI=1S/C24H35F3N8O2/c1-3-19-20(15-35(32-19)17-6-11-33(2)12-7-17)30-23-29-14-18(24(25,26)27)22(31-23)28-8-4-9-34-10-5-13-37-16-21(34)36/h14-15,17H,3-13,16H2,1-2H3,(H2,28,29,30,31). The number of piperidine rings is 1. The molecule has 204 valence electrons. The molecule has 1 amide bonds. The van der Waals surface area contributed by atoms with Crippen molar-refractivity contribution in [3.63, 3.8) is 0 Å². The number of nitrogens with one attached hydrogen (secondary N) is 2. The van der Waals surface area contributed by atoms with E-state index in [2.05, 4.69) is 32.5 Å². The zero-order chi connectivity index (χ0) is 26.4. The number of aryl methyl sites for hydroxylation is 1. The fourth-order valence-electron chi connectivity index (χ4n) is 4.59. The molecule has 37 heavy (non-hydrogen) atoms. The van der Waals surface area contributed by atoms with Gasteiger partial charge in [-0.1, -0.05) is 6.92 Å². The van der Waals surface area contributed by atoms with Gasteiger partial charge >= 0.3 is 6.18 Å². The number of anilines is 3. The van der Waals surface area contributed by atoms with Crippen LogP contribution in [0.1, 0.15) is 49.9 Å². The van der Waals surface area contributed by atoms with E-state index in [1.807, 2.05) is 17.8 Å². The van der Waals surface area contributed by atoms with E-state index < -0.39 is 11.7 Å². The quantitative estimate of drug-likeness (QED) is 0.482. The average molecular weight is 525 g/mol. The lowest BCUT2D eigenvalue weighted by Crippen LogP contribution is -2.34. The molecular formula is C24H35F3N8O2.